The van der Waals surface area contributed by atoms with Crippen molar-refractivity contribution in [2.24, 2.45) is 0 Å². The molecule has 0 saturated heterocycles. The lowest BCUT2D eigenvalue weighted by Gasteiger charge is -2.18. The van der Waals surface area contributed by atoms with E-state index in [0.717, 1.165) is 5.54 Å². The molecule has 0 aliphatic heterocycles. The van der Waals surface area contributed by atoms with E-state index in [9.17, 15) is 4.57 Å². The quantitative estimate of drug-likeness (QED) is 0.516. The first-order chi connectivity index (χ1) is 8.95. The average molecular weight is 346 g/mol. The molecule has 0 spiro atoms. The molecule has 0 aromatic heterocycles. The summed E-state index contributed by atoms with van der Waals surface area (Å²) in [5, 5.41) is 0.765. The van der Waals surface area contributed by atoms with Crippen LogP contribution in [0.5, 0.6) is 0 Å². The molecule has 0 heterocycles. The van der Waals surface area contributed by atoms with Crippen molar-refractivity contribution >= 4 is 48.4 Å². The van der Waals surface area contributed by atoms with E-state index in [1.165, 1.54) is 13.2 Å². The van der Waals surface area contributed by atoms with Crippen LogP contribution in [0, 0.1) is 0 Å². The summed E-state index contributed by atoms with van der Waals surface area (Å²) in [6, 6.07) is 4.70. The molecule has 0 N–H and O–H groups in total. The largest absolute Gasteiger partial charge is 0.529 e. The van der Waals surface area contributed by atoms with Crippen LogP contribution in [0.1, 0.15) is 12.5 Å². The van der Waals surface area contributed by atoms with Gasteiger partial charge in [0.1, 0.15) is 0 Å². The molecule has 1 aromatic carbocycles. The minimum atomic E-state index is -3.71. The fourth-order valence-corrected chi connectivity index (χ4v) is 2.88. The topological polar surface area (TPSA) is 44.8 Å². The molecule has 0 saturated carbocycles. The van der Waals surface area contributed by atoms with E-state index in [1.807, 2.05) is 0 Å². The van der Waals surface area contributed by atoms with Crippen molar-refractivity contribution in [3.8, 4) is 0 Å². The van der Waals surface area contributed by atoms with Gasteiger partial charge in [-0.25, -0.2) is 4.57 Å². The number of halogens is 3. The van der Waals surface area contributed by atoms with Gasteiger partial charge in [0.05, 0.1) is 11.6 Å². The second kappa shape index (κ2) is 7.53. The van der Waals surface area contributed by atoms with Gasteiger partial charge in [-0.3, -0.25) is 9.05 Å². The molecule has 1 aromatic rings. The van der Waals surface area contributed by atoms with Crippen LogP contribution in [0.2, 0.25) is 10.0 Å². The number of benzene rings is 1. The Balaban J connectivity index is 3.05. The maximum absolute atomic E-state index is 12.1. The Morgan fingerprint density at radius 2 is 2.11 bits per heavy atom. The van der Waals surface area contributed by atoms with Gasteiger partial charge in [0, 0.05) is 23.2 Å². The molecule has 0 aliphatic rings. The highest BCUT2D eigenvalue weighted by molar-refractivity contribution is 7.48. The van der Waals surface area contributed by atoms with Gasteiger partial charge < -0.3 is 4.52 Å². The van der Waals surface area contributed by atoms with E-state index in [0.29, 0.717) is 15.6 Å². The van der Waals surface area contributed by atoms with Gasteiger partial charge in [0.2, 0.25) is 0 Å². The van der Waals surface area contributed by atoms with Crippen LogP contribution < -0.4 is 0 Å². The van der Waals surface area contributed by atoms with Crippen molar-refractivity contribution in [2.75, 3.05) is 13.7 Å². The van der Waals surface area contributed by atoms with Gasteiger partial charge in [-0.05, 0) is 25.1 Å². The van der Waals surface area contributed by atoms with Crippen LogP contribution >= 0.6 is 42.6 Å². The lowest BCUT2D eigenvalue weighted by atomic mass is 10.2. The highest BCUT2D eigenvalue weighted by Crippen LogP contribution is 2.52. The molecular weight excluding hydrogens is 333 g/mol. The predicted octanol–water partition coefficient (Wildman–Crippen LogP) is 5.34. The molecular formula is C11H12Cl3O4P. The van der Waals surface area contributed by atoms with Crippen molar-refractivity contribution in [2.45, 2.75) is 6.92 Å². The number of phosphoric acid groups is 1. The lowest BCUT2D eigenvalue weighted by molar-refractivity contribution is 0.178. The molecule has 0 fully saturated rings. The van der Waals surface area contributed by atoms with Crippen LogP contribution in [0.3, 0.4) is 0 Å². The van der Waals surface area contributed by atoms with E-state index < -0.39 is 7.82 Å². The summed E-state index contributed by atoms with van der Waals surface area (Å²) in [5.74, 6) is 0.0713. The number of rotatable bonds is 6. The Kier molecular flexibility index (Phi) is 6.67. The number of hydrogen-bond donors (Lipinski definition) is 0. The zero-order chi connectivity index (χ0) is 14.5. The van der Waals surface area contributed by atoms with Gasteiger partial charge in [0.25, 0.3) is 0 Å². The monoisotopic (exact) mass is 344 g/mol. The second-order valence-electron chi connectivity index (χ2n) is 3.24. The lowest BCUT2D eigenvalue weighted by Crippen LogP contribution is -1.98. The third-order valence-corrected chi connectivity index (χ3v) is 4.20. The fraction of sp³-hybridized carbons (Fsp3) is 0.273. The molecule has 0 bridgehead atoms. The summed E-state index contributed by atoms with van der Waals surface area (Å²) in [7, 11) is -2.50. The second-order valence-corrected chi connectivity index (χ2v) is 6.00. The molecule has 0 radical (unpaired) electrons. The minimum absolute atomic E-state index is 0.0713. The normalized spacial score (nSPS) is 15.1. The summed E-state index contributed by atoms with van der Waals surface area (Å²) >= 11 is 17.5. The molecule has 0 amide bonds. The van der Waals surface area contributed by atoms with Crippen molar-refractivity contribution in [1.82, 2.24) is 0 Å². The molecule has 1 rings (SSSR count). The van der Waals surface area contributed by atoms with Gasteiger partial charge in [-0.1, -0.05) is 34.8 Å². The predicted molar refractivity (Wildman–Crippen MR) is 77.6 cm³/mol. The molecule has 1 unspecified atom stereocenters. The van der Waals surface area contributed by atoms with Crippen molar-refractivity contribution in [3.05, 3.63) is 39.3 Å². The third-order valence-electron chi connectivity index (χ3n) is 2.02. The van der Waals surface area contributed by atoms with Gasteiger partial charge >= 0.3 is 7.82 Å². The maximum Gasteiger partial charge on any atom is 0.529 e. The Hall–Kier alpha value is -0.220. The van der Waals surface area contributed by atoms with Crippen LogP contribution in [-0.4, -0.2) is 13.7 Å². The smallest absolute Gasteiger partial charge is 0.402 e. The van der Waals surface area contributed by atoms with Gasteiger partial charge in [-0.15, -0.1) is 0 Å². The van der Waals surface area contributed by atoms with Crippen LogP contribution in [0.4, 0.5) is 0 Å². The summed E-state index contributed by atoms with van der Waals surface area (Å²) in [4.78, 5) is 0. The van der Waals surface area contributed by atoms with E-state index in [4.69, 9.17) is 48.4 Å². The van der Waals surface area contributed by atoms with Crippen molar-refractivity contribution in [3.63, 3.8) is 0 Å². The maximum atomic E-state index is 12.1. The van der Waals surface area contributed by atoms with E-state index >= 15 is 0 Å². The summed E-state index contributed by atoms with van der Waals surface area (Å²) in [6.07, 6.45) is 0. The first kappa shape index (κ1) is 16.8. The third kappa shape index (κ3) is 4.67. The molecule has 8 heteroatoms. The number of phosphoric ester groups is 1. The highest BCUT2D eigenvalue weighted by Gasteiger charge is 2.28. The molecule has 19 heavy (non-hydrogen) atoms. The zero-order valence-corrected chi connectivity index (χ0v) is 13.4. The molecule has 106 valence electrons. The van der Waals surface area contributed by atoms with Gasteiger partial charge in [-0.2, -0.15) is 0 Å². The minimum Gasteiger partial charge on any atom is -0.402 e. The Bertz CT molecular complexity index is 519. The average Bonchev–Trinajstić information content (AvgIpc) is 2.37. The highest BCUT2D eigenvalue weighted by atomic mass is 35.5. The van der Waals surface area contributed by atoms with Gasteiger partial charge in [0.15, 0.2) is 5.76 Å². The fourth-order valence-electron chi connectivity index (χ4n) is 1.21. The first-order valence-electron chi connectivity index (χ1n) is 5.21. The van der Waals surface area contributed by atoms with E-state index in [2.05, 4.69) is 0 Å². The number of hydrogen-bond acceptors (Lipinski definition) is 4. The SMILES string of the molecule is CCOP(=O)(OC)O/C(=C/Cl)c1ccc(Cl)cc1Cl. The van der Waals surface area contributed by atoms with Crippen LogP contribution in [-0.2, 0) is 18.1 Å². The van der Waals surface area contributed by atoms with E-state index in [-0.39, 0.29) is 12.4 Å². The first-order valence-corrected chi connectivity index (χ1v) is 7.86. The van der Waals surface area contributed by atoms with Crippen molar-refractivity contribution < 1.29 is 18.1 Å². The Labute approximate surface area is 126 Å². The van der Waals surface area contributed by atoms with Crippen LogP contribution in [0.15, 0.2) is 23.7 Å². The molecule has 0 aliphatic carbocycles. The Morgan fingerprint density at radius 3 is 2.58 bits per heavy atom. The van der Waals surface area contributed by atoms with Crippen LogP contribution in [0.25, 0.3) is 5.76 Å². The standard InChI is InChI=1S/C11H12Cl3O4P/c1-3-17-19(15,16-2)18-11(7-12)9-5-4-8(13)6-10(9)14/h4-7H,3H2,1-2H3/b11-7+. The van der Waals surface area contributed by atoms with Crippen molar-refractivity contribution in [1.29, 1.82) is 0 Å². The summed E-state index contributed by atoms with van der Waals surface area (Å²) in [5.41, 5.74) is 1.53. The van der Waals surface area contributed by atoms with E-state index in [1.54, 1.807) is 19.1 Å². The summed E-state index contributed by atoms with van der Waals surface area (Å²) in [6.45, 7) is 1.82. The molecule has 1 atom stereocenters. The zero-order valence-electron chi connectivity index (χ0n) is 10.2. The Morgan fingerprint density at radius 1 is 1.42 bits per heavy atom. The summed E-state index contributed by atoms with van der Waals surface area (Å²) < 4.78 is 26.9. The molecule has 4 nitrogen and oxygen atoms in total.